The van der Waals surface area contributed by atoms with Crippen molar-refractivity contribution in [3.05, 3.63) is 94.4 Å². The maximum Gasteiger partial charge on any atom is 0.333 e. The van der Waals surface area contributed by atoms with Gasteiger partial charge >= 0.3 is 5.97 Å². The number of carbonyl (C=O) groups is 4. The maximum atomic E-state index is 14.7. The normalized spacial score (nSPS) is 21.2. The lowest BCUT2D eigenvalue weighted by Crippen LogP contribution is -2.35. The molecule has 2 amide bonds. The fourth-order valence-corrected chi connectivity index (χ4v) is 13.9. The van der Waals surface area contributed by atoms with Crippen LogP contribution in [0.25, 0.3) is 21.5 Å². The summed E-state index contributed by atoms with van der Waals surface area (Å²) in [4.78, 5) is 54.4. The van der Waals surface area contributed by atoms with Crippen molar-refractivity contribution in [1.82, 2.24) is 5.06 Å². The number of rotatable bonds is 19. The number of Topliss-reactive ketones (excluding diaryl/α,β-unsaturated/α-hetero) is 1. The zero-order chi connectivity index (χ0) is 57.6. The first kappa shape index (κ1) is 57.8. The number of hydrogen-bond acceptors (Lipinski definition) is 23. The highest BCUT2D eigenvalue weighted by atomic mass is 32.2. The van der Waals surface area contributed by atoms with E-state index >= 15 is 0 Å². The Bertz CT molecular complexity index is 4070. The van der Waals surface area contributed by atoms with Crippen molar-refractivity contribution >= 4 is 113 Å². The van der Waals surface area contributed by atoms with Crippen LogP contribution in [0.2, 0.25) is 0 Å². The van der Waals surface area contributed by atoms with E-state index in [1.54, 1.807) is 18.7 Å². The maximum absolute atomic E-state index is 14.7. The van der Waals surface area contributed by atoms with Crippen molar-refractivity contribution in [2.45, 2.75) is 96.1 Å². The Hall–Kier alpha value is -6.32. The van der Waals surface area contributed by atoms with Gasteiger partial charge in [-0.15, -0.1) is 5.06 Å². The summed E-state index contributed by atoms with van der Waals surface area (Å²) in [5, 5.41) is 11.3. The standard InChI is InChI=1S/C48H49N3O22S5/c1-5-49-34-11-9-28-30(20-26(75(60,61)62)22-36(28)77(66,67)68)43(34)47(2,15-7-19-74(57,58)59)38(49)24-32-45(55)33(46(32)56)25-39-48(3,16-18-72-4)44-31-21-27(76(63,64)65)23-37(78(69,70)71)29(31)10-12-35(44)50(39)17-6-8-42(54)73-51-40(52)13-14-41(51)53/h9-12,20-25H,5-8,13-19H2,1-4H3,(H5-,55,56,57,58,59,60,61,62,63,64,65,66,67,68,69,70,71)/p-4. The van der Waals surface area contributed by atoms with Gasteiger partial charge in [0.05, 0.1) is 52.7 Å². The number of ketones is 1. The third-order valence-corrected chi connectivity index (χ3v) is 18.5. The molecule has 1 saturated heterocycles. The average molecular weight is 1180 g/mol. The molecule has 4 aromatic carbocycles. The van der Waals surface area contributed by atoms with Crippen LogP contribution in [0.1, 0.15) is 76.8 Å². The Balaban J connectivity index is 1.33. The predicted octanol–water partition coefficient (Wildman–Crippen LogP) is 2.72. The SMILES string of the molecule is CCN1/C(=C/C2=C(O)C(=CC3=[N+](CCCC(=O)ON4C(=O)CCC4=O)c4ccc5c(S(=O)(=O)[O-])cc(S(=O)(=O)[O-])cc5c4C3(C)CCOC)C2=O)C(C)(CCCS(=O)(=O)[O-])c2c1ccc1c(S(=O)(=O)[O-])cc(S(=O)(=O)[O-])cc21. The van der Waals surface area contributed by atoms with Crippen LogP contribution < -0.4 is 4.90 Å². The van der Waals surface area contributed by atoms with E-state index in [9.17, 15) is 89.1 Å². The first-order chi connectivity index (χ1) is 36.1. The number of fused-ring (bicyclic) bond motifs is 6. The molecule has 0 bridgehead atoms. The van der Waals surface area contributed by atoms with E-state index in [-0.39, 0.29) is 125 Å². The Morgan fingerprint density at radius 2 is 1.27 bits per heavy atom. The van der Waals surface area contributed by atoms with E-state index in [1.165, 1.54) is 55.0 Å². The van der Waals surface area contributed by atoms with Gasteiger partial charge in [0.2, 0.25) is 11.5 Å². The van der Waals surface area contributed by atoms with Crippen LogP contribution in [0.15, 0.2) is 103 Å². The molecule has 25 nitrogen and oxygen atoms in total. The second-order valence-electron chi connectivity index (χ2n) is 19.2. The number of likely N-dealkylation sites (N-methyl/N-ethyl adjacent to an activating group) is 1. The van der Waals surface area contributed by atoms with Crippen LogP contribution in [-0.2, 0) is 90.2 Å². The summed E-state index contributed by atoms with van der Waals surface area (Å²) in [5.74, 6) is -4.95. The van der Waals surface area contributed by atoms with Crippen LogP contribution in [0.4, 0.5) is 11.4 Å². The molecule has 0 spiro atoms. The van der Waals surface area contributed by atoms with Crippen molar-refractivity contribution in [3.63, 3.8) is 0 Å². The number of amides is 2. The van der Waals surface area contributed by atoms with Crippen LogP contribution >= 0.6 is 0 Å². The predicted molar refractivity (Wildman–Crippen MR) is 265 cm³/mol. The molecule has 2 atom stereocenters. The topological polar surface area (TPSA) is 402 Å². The number of nitrogens with zero attached hydrogens (tertiary/aromatic N) is 3. The average Bonchev–Trinajstić information content (AvgIpc) is 4.07. The molecule has 1 N–H and O–H groups in total. The van der Waals surface area contributed by atoms with E-state index in [1.807, 2.05) is 0 Å². The minimum atomic E-state index is -5.49. The molecule has 418 valence electrons. The summed E-state index contributed by atoms with van der Waals surface area (Å²) in [7, 11) is -25.4. The van der Waals surface area contributed by atoms with Gasteiger partial charge in [-0.05, 0) is 104 Å². The number of carbonyl (C=O) groups excluding carboxylic acids is 4. The molecular formula is C48H45N3O22S5-4. The molecule has 0 saturated carbocycles. The smallest absolute Gasteiger partial charge is 0.333 e. The highest BCUT2D eigenvalue weighted by Gasteiger charge is 2.51. The zero-order valence-electron chi connectivity index (χ0n) is 41.5. The van der Waals surface area contributed by atoms with Gasteiger partial charge in [0.25, 0.3) is 11.8 Å². The van der Waals surface area contributed by atoms with Crippen LogP contribution in [-0.4, -0.2) is 141 Å². The minimum Gasteiger partial charge on any atom is -0.748 e. The zero-order valence-corrected chi connectivity index (χ0v) is 45.5. The second-order valence-corrected chi connectivity index (χ2v) is 26.1. The number of imide groups is 1. The third-order valence-electron chi connectivity index (χ3n) is 14.3. The molecule has 0 aromatic heterocycles. The van der Waals surface area contributed by atoms with E-state index in [4.69, 9.17) is 9.57 Å². The lowest BCUT2D eigenvalue weighted by Gasteiger charge is -2.32. The van der Waals surface area contributed by atoms with Crippen molar-refractivity contribution in [2.24, 2.45) is 0 Å². The minimum absolute atomic E-state index is 0.0246. The fraction of sp³-hybridized carbons (Fsp3) is 0.354. The van der Waals surface area contributed by atoms with Crippen molar-refractivity contribution in [2.75, 3.05) is 37.5 Å². The van der Waals surface area contributed by atoms with Crippen LogP contribution in [0.5, 0.6) is 0 Å². The molecule has 78 heavy (non-hydrogen) atoms. The Morgan fingerprint density at radius 3 is 1.77 bits per heavy atom. The molecule has 2 unspecified atom stereocenters. The van der Waals surface area contributed by atoms with Crippen LogP contribution in [0, 0.1) is 0 Å². The summed E-state index contributed by atoms with van der Waals surface area (Å²) in [6.07, 6.45) is 0.782. The van der Waals surface area contributed by atoms with E-state index < -0.39 is 123 Å². The van der Waals surface area contributed by atoms with Crippen LogP contribution in [0.3, 0.4) is 0 Å². The van der Waals surface area contributed by atoms with Crippen molar-refractivity contribution in [3.8, 4) is 0 Å². The highest BCUT2D eigenvalue weighted by molar-refractivity contribution is 7.87. The lowest BCUT2D eigenvalue weighted by atomic mass is 9.72. The number of hydroxylamine groups is 2. The summed E-state index contributed by atoms with van der Waals surface area (Å²) in [5.41, 5.74) is -3.12. The summed E-state index contributed by atoms with van der Waals surface area (Å²) in [6, 6.07) is 7.69. The molecule has 4 aliphatic rings. The molecule has 8 rings (SSSR count). The molecule has 1 aliphatic carbocycles. The Labute approximate surface area is 446 Å². The Morgan fingerprint density at radius 1 is 0.718 bits per heavy atom. The van der Waals surface area contributed by atoms with E-state index in [2.05, 4.69) is 0 Å². The monoisotopic (exact) mass is 1180 g/mol. The quantitative estimate of drug-likeness (QED) is 0.0610. The van der Waals surface area contributed by atoms with E-state index in [0.717, 1.165) is 12.1 Å². The lowest BCUT2D eigenvalue weighted by molar-refractivity contribution is -0.438. The first-order valence-electron chi connectivity index (χ1n) is 23.5. The van der Waals surface area contributed by atoms with Gasteiger partial charge in [0.15, 0.2) is 5.71 Å². The second kappa shape index (κ2) is 20.1. The van der Waals surface area contributed by atoms with Gasteiger partial charge in [-0.3, -0.25) is 14.4 Å². The van der Waals surface area contributed by atoms with Gasteiger partial charge in [0, 0.05) is 85.2 Å². The van der Waals surface area contributed by atoms with Gasteiger partial charge in [0.1, 0.15) is 52.8 Å². The van der Waals surface area contributed by atoms with Gasteiger partial charge in [-0.2, -0.15) is 4.58 Å². The largest absolute Gasteiger partial charge is 0.748 e. The number of methoxy groups -OCH3 is 1. The molecule has 3 aliphatic heterocycles. The summed E-state index contributed by atoms with van der Waals surface area (Å²) < 4.78 is 193. The number of allylic oxidation sites excluding steroid dienone is 5. The number of aliphatic hydroxyl groups excluding tert-OH is 1. The number of ether oxygens (including phenoxy) is 1. The summed E-state index contributed by atoms with van der Waals surface area (Å²) in [6.45, 7) is 4.42. The highest BCUT2D eigenvalue weighted by Crippen LogP contribution is 2.55. The number of anilines is 1. The third kappa shape index (κ3) is 10.4. The molecule has 4 aromatic rings. The van der Waals surface area contributed by atoms with E-state index in [0.29, 0.717) is 17.2 Å². The number of benzene rings is 4. The van der Waals surface area contributed by atoms with Gasteiger partial charge in [-0.25, -0.2) is 46.9 Å². The molecule has 30 heteroatoms. The molecule has 1 fully saturated rings. The van der Waals surface area contributed by atoms with Crippen molar-refractivity contribution < 1.29 is 103 Å². The van der Waals surface area contributed by atoms with Gasteiger partial charge in [-0.1, -0.05) is 6.07 Å². The fourth-order valence-electron chi connectivity index (χ4n) is 10.8. The molecular weight excluding hydrogens is 1130 g/mol. The number of aliphatic hydroxyl groups is 1. The molecule has 3 heterocycles. The van der Waals surface area contributed by atoms with Crippen molar-refractivity contribution in [1.29, 1.82) is 0 Å². The number of hydrogen-bond donors (Lipinski definition) is 1. The molecule has 0 radical (unpaired) electrons. The summed E-state index contributed by atoms with van der Waals surface area (Å²) >= 11 is 0. The Kier molecular flexibility index (Phi) is 14.9. The van der Waals surface area contributed by atoms with Gasteiger partial charge < -0.3 is 42.3 Å². The first-order valence-corrected chi connectivity index (χ1v) is 30.7.